The Kier molecular flexibility index (Phi) is 11.1. The Hall–Kier alpha value is -3.75. The van der Waals surface area contributed by atoms with Crippen molar-refractivity contribution < 1.29 is 49.5 Å². The standard InChI is InChI=1S/C21H30N4O10/c1-9(26)16(19(32)23-14(21(34)35)7-11-3-5-12(28)6-4-11)25-20(33)17(10(2)27)24-18(31)13(22)8-15(29)30/h3-6,9-10,13-14,16-17,26-28H,7-8,22H2,1-2H3,(H,23,32)(H,24,31)(H,25,33)(H,29,30)(H,34,35). The zero-order chi connectivity index (χ0) is 26.9. The zero-order valence-corrected chi connectivity index (χ0v) is 19.0. The highest BCUT2D eigenvalue weighted by Crippen LogP contribution is 2.12. The van der Waals surface area contributed by atoms with Crippen molar-refractivity contribution in [3.63, 3.8) is 0 Å². The van der Waals surface area contributed by atoms with E-state index in [1.165, 1.54) is 24.3 Å². The van der Waals surface area contributed by atoms with Crippen molar-refractivity contribution in [3.8, 4) is 5.75 Å². The van der Waals surface area contributed by atoms with E-state index in [2.05, 4.69) is 16.0 Å². The van der Waals surface area contributed by atoms with Gasteiger partial charge in [-0.3, -0.25) is 19.2 Å². The number of aliphatic carboxylic acids is 2. The molecular weight excluding hydrogens is 468 g/mol. The summed E-state index contributed by atoms with van der Waals surface area (Å²) >= 11 is 0. The van der Waals surface area contributed by atoms with Crippen LogP contribution in [-0.2, 0) is 30.4 Å². The lowest BCUT2D eigenvalue weighted by molar-refractivity contribution is -0.143. The maximum absolute atomic E-state index is 12.7. The van der Waals surface area contributed by atoms with Crippen molar-refractivity contribution in [2.75, 3.05) is 0 Å². The molecular formula is C21H30N4O10. The number of nitrogens with one attached hydrogen (secondary N) is 3. The van der Waals surface area contributed by atoms with E-state index in [-0.39, 0.29) is 12.2 Å². The van der Waals surface area contributed by atoms with E-state index in [0.717, 1.165) is 13.8 Å². The predicted molar refractivity (Wildman–Crippen MR) is 119 cm³/mol. The first-order chi connectivity index (χ1) is 16.2. The molecule has 35 heavy (non-hydrogen) atoms. The summed E-state index contributed by atoms with van der Waals surface area (Å²) in [5, 5.41) is 53.9. The number of phenols is 1. The molecule has 1 aromatic rings. The highest BCUT2D eigenvalue weighted by molar-refractivity contribution is 5.95. The van der Waals surface area contributed by atoms with Gasteiger partial charge in [-0.2, -0.15) is 0 Å². The van der Waals surface area contributed by atoms with Crippen molar-refractivity contribution in [2.24, 2.45) is 5.73 Å². The van der Waals surface area contributed by atoms with E-state index < -0.39 is 72.5 Å². The Morgan fingerprint density at radius 3 is 1.71 bits per heavy atom. The van der Waals surface area contributed by atoms with Gasteiger partial charge >= 0.3 is 11.9 Å². The minimum absolute atomic E-state index is 0.0368. The maximum Gasteiger partial charge on any atom is 0.326 e. The lowest BCUT2D eigenvalue weighted by Gasteiger charge is -2.27. The number of carbonyl (C=O) groups excluding carboxylic acids is 3. The summed E-state index contributed by atoms with van der Waals surface area (Å²) in [5.41, 5.74) is 5.91. The molecule has 3 amide bonds. The van der Waals surface area contributed by atoms with E-state index in [1.807, 2.05) is 0 Å². The van der Waals surface area contributed by atoms with Crippen LogP contribution in [-0.4, -0.2) is 91.6 Å². The van der Waals surface area contributed by atoms with Gasteiger partial charge in [0.1, 0.15) is 23.9 Å². The number of aliphatic hydroxyl groups is 2. The molecule has 0 saturated carbocycles. The molecule has 0 spiro atoms. The monoisotopic (exact) mass is 498 g/mol. The third-order valence-electron chi connectivity index (χ3n) is 4.85. The van der Waals surface area contributed by atoms with Crippen LogP contribution in [0.5, 0.6) is 5.75 Å². The highest BCUT2D eigenvalue weighted by Gasteiger charge is 2.34. The largest absolute Gasteiger partial charge is 0.508 e. The van der Waals surface area contributed by atoms with Gasteiger partial charge in [-0.05, 0) is 31.5 Å². The van der Waals surface area contributed by atoms with Crippen molar-refractivity contribution >= 4 is 29.7 Å². The Labute approximate surface area is 200 Å². The summed E-state index contributed by atoms with van der Waals surface area (Å²) in [7, 11) is 0. The SMILES string of the molecule is CC(O)C(NC(=O)C(N)CC(=O)O)C(=O)NC(C(=O)NC(Cc1ccc(O)cc1)C(=O)O)C(C)O. The molecule has 10 N–H and O–H groups in total. The van der Waals surface area contributed by atoms with Crippen LogP contribution >= 0.6 is 0 Å². The summed E-state index contributed by atoms with van der Waals surface area (Å²) in [5.74, 6) is -6.02. The minimum atomic E-state index is -1.67. The van der Waals surface area contributed by atoms with Gasteiger partial charge in [0.15, 0.2) is 0 Å². The van der Waals surface area contributed by atoms with Gasteiger partial charge in [0.25, 0.3) is 0 Å². The summed E-state index contributed by atoms with van der Waals surface area (Å²) in [6.07, 6.45) is -3.93. The lowest BCUT2D eigenvalue weighted by atomic mass is 10.0. The fraction of sp³-hybridized carbons (Fsp3) is 0.476. The maximum atomic E-state index is 12.7. The molecule has 1 rings (SSSR count). The molecule has 0 aliphatic rings. The zero-order valence-electron chi connectivity index (χ0n) is 19.0. The van der Waals surface area contributed by atoms with E-state index in [4.69, 9.17) is 10.8 Å². The number of carboxylic acid groups (broad SMARTS) is 2. The molecule has 0 bridgehead atoms. The first kappa shape index (κ1) is 29.3. The number of hydrogen-bond donors (Lipinski definition) is 9. The van der Waals surface area contributed by atoms with Crippen molar-refractivity contribution in [1.82, 2.24) is 16.0 Å². The Balaban J connectivity index is 2.94. The van der Waals surface area contributed by atoms with Gasteiger partial charge < -0.3 is 47.2 Å². The third-order valence-corrected chi connectivity index (χ3v) is 4.85. The molecule has 14 nitrogen and oxygen atoms in total. The fourth-order valence-corrected chi connectivity index (χ4v) is 2.92. The third kappa shape index (κ3) is 9.56. The van der Waals surface area contributed by atoms with Gasteiger partial charge in [-0.1, -0.05) is 12.1 Å². The Morgan fingerprint density at radius 1 is 0.829 bits per heavy atom. The van der Waals surface area contributed by atoms with Crippen LogP contribution in [0.3, 0.4) is 0 Å². The molecule has 194 valence electrons. The second-order valence-electron chi connectivity index (χ2n) is 7.93. The summed E-state index contributed by atoms with van der Waals surface area (Å²) in [6.45, 7) is 2.29. The number of rotatable bonds is 13. The van der Waals surface area contributed by atoms with E-state index in [0.29, 0.717) is 5.56 Å². The quantitative estimate of drug-likeness (QED) is 0.133. The fourth-order valence-electron chi connectivity index (χ4n) is 2.92. The molecule has 6 unspecified atom stereocenters. The van der Waals surface area contributed by atoms with Crippen LogP contribution in [0.4, 0.5) is 0 Å². The van der Waals surface area contributed by atoms with Crippen molar-refractivity contribution in [1.29, 1.82) is 0 Å². The number of carbonyl (C=O) groups is 5. The van der Waals surface area contributed by atoms with Crippen LogP contribution in [0.2, 0.25) is 0 Å². The predicted octanol–water partition coefficient (Wildman–Crippen LogP) is -2.96. The number of nitrogens with two attached hydrogens (primary N) is 1. The van der Waals surface area contributed by atoms with Gasteiger partial charge in [0.2, 0.25) is 17.7 Å². The molecule has 0 fully saturated rings. The second-order valence-corrected chi connectivity index (χ2v) is 7.93. The minimum Gasteiger partial charge on any atom is -0.508 e. The van der Waals surface area contributed by atoms with Gasteiger partial charge in [0, 0.05) is 6.42 Å². The molecule has 0 aliphatic carbocycles. The van der Waals surface area contributed by atoms with E-state index >= 15 is 0 Å². The number of phenolic OH excluding ortho intramolecular Hbond substituents is 1. The van der Waals surface area contributed by atoms with Gasteiger partial charge in [-0.25, -0.2) is 4.79 Å². The van der Waals surface area contributed by atoms with Crippen LogP contribution in [0.15, 0.2) is 24.3 Å². The summed E-state index contributed by atoms with van der Waals surface area (Å²) in [6, 6.07) is -0.727. The number of aromatic hydroxyl groups is 1. The average molecular weight is 498 g/mol. The molecule has 0 saturated heterocycles. The summed E-state index contributed by atoms with van der Waals surface area (Å²) in [4.78, 5) is 59.8. The number of hydrogen-bond acceptors (Lipinski definition) is 9. The molecule has 1 aromatic carbocycles. The van der Waals surface area contributed by atoms with E-state index in [9.17, 15) is 44.4 Å². The van der Waals surface area contributed by atoms with Crippen LogP contribution in [0.1, 0.15) is 25.8 Å². The van der Waals surface area contributed by atoms with Gasteiger partial charge in [-0.15, -0.1) is 0 Å². The number of benzene rings is 1. The van der Waals surface area contributed by atoms with Crippen LogP contribution in [0, 0.1) is 0 Å². The first-order valence-corrected chi connectivity index (χ1v) is 10.5. The van der Waals surface area contributed by atoms with Crippen molar-refractivity contribution in [3.05, 3.63) is 29.8 Å². The molecule has 0 aromatic heterocycles. The van der Waals surface area contributed by atoms with Crippen LogP contribution < -0.4 is 21.7 Å². The van der Waals surface area contributed by atoms with Gasteiger partial charge in [0.05, 0.1) is 24.7 Å². The number of carboxylic acids is 2. The molecule has 0 aliphatic heterocycles. The van der Waals surface area contributed by atoms with E-state index in [1.54, 1.807) is 0 Å². The normalized spacial score (nSPS) is 16.0. The number of aliphatic hydroxyl groups excluding tert-OH is 2. The molecule has 0 radical (unpaired) electrons. The summed E-state index contributed by atoms with van der Waals surface area (Å²) < 4.78 is 0. The lowest BCUT2D eigenvalue weighted by Crippen LogP contribution is -2.62. The van der Waals surface area contributed by atoms with Crippen LogP contribution in [0.25, 0.3) is 0 Å². The average Bonchev–Trinajstić information content (AvgIpc) is 2.75. The second kappa shape index (κ2) is 13.2. The topological polar surface area (TPSA) is 249 Å². The molecule has 14 heteroatoms. The number of amides is 3. The van der Waals surface area contributed by atoms with Crippen molar-refractivity contribution in [2.45, 2.75) is 63.1 Å². The highest BCUT2D eigenvalue weighted by atomic mass is 16.4. The first-order valence-electron chi connectivity index (χ1n) is 10.5. The molecule has 6 atom stereocenters. The Bertz CT molecular complexity index is 919. The Morgan fingerprint density at radius 2 is 1.29 bits per heavy atom. The molecule has 0 heterocycles. The smallest absolute Gasteiger partial charge is 0.326 e.